The molecule has 1 N–H and O–H groups in total. The minimum atomic E-state index is -0.232. The zero-order chi connectivity index (χ0) is 20.4. The maximum atomic E-state index is 12.8. The van der Waals surface area contributed by atoms with Gasteiger partial charge in [-0.3, -0.25) is 4.79 Å². The van der Waals surface area contributed by atoms with Crippen LogP contribution in [0.25, 0.3) is 11.3 Å². The van der Waals surface area contributed by atoms with Crippen molar-refractivity contribution in [3.63, 3.8) is 0 Å². The van der Waals surface area contributed by atoms with Gasteiger partial charge in [-0.1, -0.05) is 32.3 Å². The summed E-state index contributed by atoms with van der Waals surface area (Å²) in [5.41, 5.74) is 3.76. The van der Waals surface area contributed by atoms with E-state index in [-0.39, 0.29) is 17.4 Å². The molecule has 1 aromatic heterocycles. The number of hydrogen-bond donors (Lipinski definition) is 1. The fraction of sp³-hybridized carbons (Fsp3) is 0.522. The number of amides is 1. The molecule has 4 rings (SSSR count). The Kier molecular flexibility index (Phi) is 5.43. The highest BCUT2D eigenvalue weighted by atomic mass is 16.5. The number of carbonyl (C=O) groups is 1. The number of nitrogens with one attached hydrogen (secondary N) is 1. The van der Waals surface area contributed by atoms with Crippen molar-refractivity contribution in [1.82, 2.24) is 15.5 Å². The number of nitrogens with zero attached hydrogens (tertiary/aromatic N) is 2. The summed E-state index contributed by atoms with van der Waals surface area (Å²) in [5, 5.41) is 11.5. The highest BCUT2D eigenvalue weighted by Gasteiger charge is 2.35. The van der Waals surface area contributed by atoms with Gasteiger partial charge in [0, 0.05) is 23.5 Å². The molecule has 1 amide bonds. The fourth-order valence-corrected chi connectivity index (χ4v) is 4.45. The van der Waals surface area contributed by atoms with E-state index >= 15 is 0 Å². The molecule has 6 heteroatoms. The Morgan fingerprint density at radius 1 is 1.24 bits per heavy atom. The zero-order valence-electron chi connectivity index (χ0n) is 17.5. The molecular weight excluding hydrogens is 366 g/mol. The summed E-state index contributed by atoms with van der Waals surface area (Å²) >= 11 is 0. The molecule has 1 aliphatic heterocycles. The van der Waals surface area contributed by atoms with Crippen LogP contribution in [-0.2, 0) is 11.2 Å². The maximum Gasteiger partial charge on any atom is 0.233 e. The third kappa shape index (κ3) is 4.07. The van der Waals surface area contributed by atoms with E-state index in [1.165, 1.54) is 6.42 Å². The summed E-state index contributed by atoms with van der Waals surface area (Å²) < 4.78 is 11.4. The third-order valence-corrected chi connectivity index (χ3v) is 6.16. The van der Waals surface area contributed by atoms with E-state index in [1.807, 2.05) is 6.07 Å². The molecule has 1 aromatic carbocycles. The Morgan fingerprint density at radius 2 is 2.03 bits per heavy atom. The zero-order valence-corrected chi connectivity index (χ0v) is 17.5. The van der Waals surface area contributed by atoms with Crippen molar-refractivity contribution in [3.05, 3.63) is 35.4 Å². The standard InChI is InChI=1S/C23H29N3O3/c1-15-11-16-13-17(14-24-22(27)23(2)9-5-4-6-10-23)29-21(16)18(12-15)19-7-8-20(28-3)26-25-19/h7-8,11-12,17H,4-6,9-10,13-14H2,1-3H3,(H,24,27). The van der Waals surface area contributed by atoms with Crippen LogP contribution in [0, 0.1) is 12.3 Å². The molecule has 1 aliphatic carbocycles. The van der Waals surface area contributed by atoms with Gasteiger partial charge in [0.15, 0.2) is 0 Å². The van der Waals surface area contributed by atoms with Crippen LogP contribution >= 0.6 is 0 Å². The summed E-state index contributed by atoms with van der Waals surface area (Å²) in [5.74, 6) is 1.49. The van der Waals surface area contributed by atoms with Crippen molar-refractivity contribution in [2.75, 3.05) is 13.7 Å². The van der Waals surface area contributed by atoms with Gasteiger partial charge in [-0.05, 0) is 43.0 Å². The van der Waals surface area contributed by atoms with E-state index in [9.17, 15) is 4.79 Å². The molecule has 1 atom stereocenters. The Balaban J connectivity index is 1.47. The van der Waals surface area contributed by atoms with Crippen LogP contribution in [0.1, 0.15) is 50.2 Å². The molecule has 154 valence electrons. The van der Waals surface area contributed by atoms with E-state index in [0.717, 1.165) is 60.2 Å². The Morgan fingerprint density at radius 3 is 2.72 bits per heavy atom. The van der Waals surface area contributed by atoms with Crippen LogP contribution in [0.3, 0.4) is 0 Å². The first-order valence-electron chi connectivity index (χ1n) is 10.4. The molecule has 1 unspecified atom stereocenters. The SMILES string of the molecule is COc1ccc(-c2cc(C)cc3c2OC(CNC(=O)C2(C)CCCCC2)C3)nn1. The highest BCUT2D eigenvalue weighted by Crippen LogP contribution is 2.39. The molecule has 0 radical (unpaired) electrons. The van der Waals surface area contributed by atoms with Crippen molar-refractivity contribution in [1.29, 1.82) is 0 Å². The molecular formula is C23H29N3O3. The normalized spacial score (nSPS) is 19.9. The second-order valence-electron chi connectivity index (χ2n) is 8.54. The quantitative estimate of drug-likeness (QED) is 0.832. The summed E-state index contributed by atoms with van der Waals surface area (Å²) in [4.78, 5) is 12.8. The first-order valence-corrected chi connectivity index (χ1v) is 10.4. The molecule has 0 spiro atoms. The second-order valence-corrected chi connectivity index (χ2v) is 8.54. The third-order valence-electron chi connectivity index (χ3n) is 6.16. The smallest absolute Gasteiger partial charge is 0.233 e. The van der Waals surface area contributed by atoms with Gasteiger partial charge < -0.3 is 14.8 Å². The van der Waals surface area contributed by atoms with Crippen molar-refractivity contribution < 1.29 is 14.3 Å². The second kappa shape index (κ2) is 8.01. The van der Waals surface area contributed by atoms with E-state index in [0.29, 0.717) is 12.4 Å². The van der Waals surface area contributed by atoms with Crippen LogP contribution in [0.4, 0.5) is 0 Å². The minimum Gasteiger partial charge on any atom is -0.487 e. The lowest BCUT2D eigenvalue weighted by molar-refractivity contribution is -0.132. The number of methoxy groups -OCH3 is 1. The monoisotopic (exact) mass is 395 g/mol. The molecule has 2 heterocycles. The largest absolute Gasteiger partial charge is 0.487 e. The molecule has 6 nitrogen and oxygen atoms in total. The first kappa shape index (κ1) is 19.7. The highest BCUT2D eigenvalue weighted by molar-refractivity contribution is 5.82. The predicted molar refractivity (Wildman–Crippen MR) is 111 cm³/mol. The summed E-state index contributed by atoms with van der Waals surface area (Å²) in [6.45, 7) is 4.69. The Hall–Kier alpha value is -2.63. The van der Waals surface area contributed by atoms with Crippen LogP contribution in [-0.4, -0.2) is 35.9 Å². The molecule has 0 saturated heterocycles. The van der Waals surface area contributed by atoms with Crippen LogP contribution in [0.2, 0.25) is 0 Å². The molecule has 2 aliphatic rings. The number of benzene rings is 1. The van der Waals surface area contributed by atoms with Gasteiger partial charge in [0.05, 0.1) is 19.3 Å². The van der Waals surface area contributed by atoms with Gasteiger partial charge in [0.25, 0.3) is 0 Å². The van der Waals surface area contributed by atoms with Gasteiger partial charge in [-0.2, -0.15) is 0 Å². The van der Waals surface area contributed by atoms with Crippen molar-refractivity contribution in [2.24, 2.45) is 5.41 Å². The predicted octanol–water partition coefficient (Wildman–Crippen LogP) is 3.85. The molecule has 29 heavy (non-hydrogen) atoms. The lowest BCUT2D eigenvalue weighted by Gasteiger charge is -2.32. The van der Waals surface area contributed by atoms with E-state index in [4.69, 9.17) is 9.47 Å². The van der Waals surface area contributed by atoms with Crippen LogP contribution < -0.4 is 14.8 Å². The van der Waals surface area contributed by atoms with E-state index < -0.39 is 0 Å². The first-order chi connectivity index (χ1) is 14.0. The van der Waals surface area contributed by atoms with Gasteiger partial charge in [-0.25, -0.2) is 0 Å². The number of rotatable bonds is 5. The van der Waals surface area contributed by atoms with Crippen LogP contribution in [0.15, 0.2) is 24.3 Å². The van der Waals surface area contributed by atoms with Gasteiger partial charge in [0.2, 0.25) is 11.8 Å². The average Bonchev–Trinajstić information content (AvgIpc) is 3.14. The molecule has 1 saturated carbocycles. The van der Waals surface area contributed by atoms with E-state index in [2.05, 4.69) is 41.5 Å². The number of aromatic nitrogens is 2. The van der Waals surface area contributed by atoms with Gasteiger partial charge in [-0.15, -0.1) is 10.2 Å². The van der Waals surface area contributed by atoms with Gasteiger partial charge >= 0.3 is 0 Å². The fourth-order valence-electron chi connectivity index (χ4n) is 4.45. The lowest BCUT2D eigenvalue weighted by atomic mass is 9.75. The Bertz CT molecular complexity index is 889. The number of ether oxygens (including phenoxy) is 2. The number of fused-ring (bicyclic) bond motifs is 1. The molecule has 1 fully saturated rings. The average molecular weight is 396 g/mol. The van der Waals surface area contributed by atoms with E-state index in [1.54, 1.807) is 13.2 Å². The van der Waals surface area contributed by atoms with Gasteiger partial charge in [0.1, 0.15) is 11.9 Å². The molecule has 2 aromatic rings. The summed E-state index contributed by atoms with van der Waals surface area (Å²) in [6.07, 6.45) is 6.19. The number of carbonyl (C=O) groups excluding carboxylic acids is 1. The Labute approximate surface area is 172 Å². The summed E-state index contributed by atoms with van der Waals surface area (Å²) in [7, 11) is 1.57. The van der Waals surface area contributed by atoms with Crippen molar-refractivity contribution in [2.45, 2.75) is 58.5 Å². The minimum absolute atomic E-state index is 0.0621. The van der Waals surface area contributed by atoms with Crippen molar-refractivity contribution in [3.8, 4) is 22.9 Å². The maximum absolute atomic E-state index is 12.8. The number of hydrogen-bond acceptors (Lipinski definition) is 5. The summed E-state index contributed by atoms with van der Waals surface area (Å²) in [6, 6.07) is 7.91. The number of aryl methyl sites for hydroxylation is 1. The van der Waals surface area contributed by atoms with Crippen molar-refractivity contribution >= 4 is 5.91 Å². The topological polar surface area (TPSA) is 73.3 Å². The lowest BCUT2D eigenvalue weighted by Crippen LogP contribution is -2.44. The van der Waals surface area contributed by atoms with Crippen LogP contribution in [0.5, 0.6) is 11.6 Å². The molecule has 0 bridgehead atoms.